The van der Waals surface area contributed by atoms with E-state index < -0.39 is 0 Å². The van der Waals surface area contributed by atoms with Crippen molar-refractivity contribution in [3.8, 4) is 0 Å². The standard InChI is InChI=1S/Al.ClH.Li.S.H/h;1H;;;/q+1;;+1;;-1/p-1. The SMILES string of the molecule is [H-].[Li+].[S]=[Al][Cl]. The van der Waals surface area contributed by atoms with Crippen molar-refractivity contribution in [1.82, 2.24) is 0 Å². The Labute approximate surface area is 53.3 Å². The van der Waals surface area contributed by atoms with Gasteiger partial charge in [0.1, 0.15) is 0 Å². The third kappa shape index (κ3) is 9.43. The van der Waals surface area contributed by atoms with Crippen LogP contribution in [0.5, 0.6) is 0 Å². The predicted molar refractivity (Wildman–Crippen MR) is 20.3 cm³/mol. The van der Waals surface area contributed by atoms with Gasteiger partial charge in [-0.2, -0.15) is 0 Å². The molecule has 4 heavy (non-hydrogen) atoms. The Morgan fingerprint density at radius 3 is 2.00 bits per heavy atom. The first-order valence-electron chi connectivity index (χ1n) is 0.454. The second-order valence-corrected chi connectivity index (χ2v) is 2.41. The van der Waals surface area contributed by atoms with E-state index in [9.17, 15) is 0 Å². The van der Waals surface area contributed by atoms with E-state index in [2.05, 4.69) is 10.5 Å². The van der Waals surface area contributed by atoms with Gasteiger partial charge in [-0.1, -0.05) is 0 Å². The van der Waals surface area contributed by atoms with Crippen molar-refractivity contribution >= 4 is 33.2 Å². The molecule has 0 rings (SSSR count). The summed E-state index contributed by atoms with van der Waals surface area (Å²) in [6, 6.07) is 0. The first-order chi connectivity index (χ1) is 1.41. The van der Waals surface area contributed by atoms with Gasteiger partial charge in [-0.15, -0.1) is 0 Å². The first-order valence-corrected chi connectivity index (χ1v) is 4.09. The van der Waals surface area contributed by atoms with Crippen LogP contribution in [0, 0.1) is 0 Å². The molecule has 0 unspecified atom stereocenters. The number of rotatable bonds is 0. The molecule has 0 aromatic heterocycles. The maximum absolute atomic E-state index is 4.90. The van der Waals surface area contributed by atoms with Gasteiger partial charge in [0.05, 0.1) is 0 Å². The Bertz CT molecular complexity index is 19.1. The van der Waals surface area contributed by atoms with E-state index in [1.807, 2.05) is 0 Å². The van der Waals surface area contributed by atoms with Crippen LogP contribution >= 0.6 is 20.5 Å². The molecule has 0 aliphatic heterocycles. The van der Waals surface area contributed by atoms with Crippen molar-refractivity contribution in [2.24, 2.45) is 0 Å². The topological polar surface area (TPSA) is 0 Å². The summed E-state index contributed by atoms with van der Waals surface area (Å²) in [6.45, 7) is 0. The van der Waals surface area contributed by atoms with Crippen molar-refractivity contribution < 1.29 is 20.3 Å². The van der Waals surface area contributed by atoms with Crippen LogP contribution in [0.25, 0.3) is 0 Å². The zero-order valence-corrected chi connectivity index (χ0v) is 5.09. The zero-order chi connectivity index (χ0) is 2.71. The van der Waals surface area contributed by atoms with Crippen molar-refractivity contribution in [2.75, 3.05) is 0 Å². The number of hydrogen-bond donors (Lipinski definition) is 0. The molecule has 0 amide bonds. The minimum absolute atomic E-state index is 0. The summed E-state index contributed by atoms with van der Waals surface area (Å²) in [6.07, 6.45) is 0. The molecule has 0 radical (unpaired) electrons. The van der Waals surface area contributed by atoms with Crippen molar-refractivity contribution in [1.29, 1.82) is 0 Å². The molecule has 0 atom stereocenters. The van der Waals surface area contributed by atoms with Crippen LogP contribution in [-0.4, -0.2) is 12.7 Å². The van der Waals surface area contributed by atoms with Crippen molar-refractivity contribution in [2.45, 2.75) is 0 Å². The van der Waals surface area contributed by atoms with E-state index in [0.717, 1.165) is 0 Å². The molecule has 0 fully saturated rings. The molecular formula is HAlClLiS. The molecule has 0 aliphatic rings. The summed E-state index contributed by atoms with van der Waals surface area (Å²) in [5, 5.41) is 0. The second-order valence-electron chi connectivity index (χ2n) is 0.0891. The van der Waals surface area contributed by atoms with Crippen LogP contribution in [0.15, 0.2) is 0 Å². The average molecular weight is 102 g/mol. The molecule has 0 aromatic carbocycles. The summed E-state index contributed by atoms with van der Waals surface area (Å²) in [4.78, 5) is 0. The third-order valence-corrected chi connectivity index (χ3v) is 0. The fourth-order valence-corrected chi connectivity index (χ4v) is 0. The van der Waals surface area contributed by atoms with E-state index in [1.54, 1.807) is 0 Å². The fourth-order valence-electron chi connectivity index (χ4n) is 0. The Hall–Kier alpha value is 1.64. The quantitative estimate of drug-likeness (QED) is 0.321. The Balaban J connectivity index is -0.0000000200. The van der Waals surface area contributed by atoms with Crippen LogP contribution in [0.3, 0.4) is 0 Å². The van der Waals surface area contributed by atoms with E-state index >= 15 is 0 Å². The van der Waals surface area contributed by atoms with Gasteiger partial charge in [0.25, 0.3) is 0 Å². The van der Waals surface area contributed by atoms with Gasteiger partial charge in [0.15, 0.2) is 0 Å². The van der Waals surface area contributed by atoms with Gasteiger partial charge >= 0.3 is 52.1 Å². The van der Waals surface area contributed by atoms with Gasteiger partial charge in [0, 0.05) is 0 Å². The molecule has 18 valence electrons. The average Bonchev–Trinajstić information content (AvgIpc) is 0.918. The van der Waals surface area contributed by atoms with E-state index in [4.69, 9.17) is 10.0 Å². The number of hydrogen-bond acceptors (Lipinski definition) is 1. The normalized spacial score (nSPS) is 2.25. The minimum atomic E-state index is -0.194. The van der Waals surface area contributed by atoms with E-state index in [0.29, 0.717) is 0 Å². The molecule has 4 heteroatoms. The van der Waals surface area contributed by atoms with Gasteiger partial charge in [-0.25, -0.2) is 0 Å². The summed E-state index contributed by atoms with van der Waals surface area (Å²) >= 11 is -0.194. The summed E-state index contributed by atoms with van der Waals surface area (Å²) in [5.74, 6) is 0. The molecule has 0 N–H and O–H groups in total. The number of halogens is 1. The van der Waals surface area contributed by atoms with Crippen LogP contribution in [0.2, 0.25) is 0 Å². The summed E-state index contributed by atoms with van der Waals surface area (Å²) in [7, 11) is 9.14. The van der Waals surface area contributed by atoms with E-state index in [1.165, 1.54) is 0 Å². The Morgan fingerprint density at radius 2 is 2.00 bits per heavy atom. The molecule has 0 saturated carbocycles. The molecule has 0 aliphatic carbocycles. The van der Waals surface area contributed by atoms with Crippen LogP contribution in [-0.2, 0) is 0 Å². The maximum atomic E-state index is 4.90. The van der Waals surface area contributed by atoms with E-state index in [-0.39, 0.29) is 32.9 Å². The zero-order valence-electron chi connectivity index (χ0n) is 3.36. The summed E-state index contributed by atoms with van der Waals surface area (Å²) in [5.41, 5.74) is 0. The monoisotopic (exact) mass is 102 g/mol. The second kappa shape index (κ2) is 8.82. The predicted octanol–water partition coefficient (Wildman–Crippen LogP) is -1.93. The van der Waals surface area contributed by atoms with Crippen molar-refractivity contribution in [3.63, 3.8) is 0 Å². The Morgan fingerprint density at radius 1 is 2.00 bits per heavy atom. The van der Waals surface area contributed by atoms with Gasteiger partial charge < -0.3 is 1.43 Å². The molecular weight excluding hydrogens is 101 g/mol. The third-order valence-electron chi connectivity index (χ3n) is 0. The van der Waals surface area contributed by atoms with Gasteiger partial charge in [-0.05, 0) is 0 Å². The Kier molecular flexibility index (Phi) is 20.2. The molecule has 0 saturated heterocycles. The molecule has 0 spiro atoms. The molecule has 0 aromatic rings. The van der Waals surface area contributed by atoms with Crippen LogP contribution in [0.1, 0.15) is 1.43 Å². The van der Waals surface area contributed by atoms with Crippen LogP contribution in [0.4, 0.5) is 0 Å². The van der Waals surface area contributed by atoms with Gasteiger partial charge in [-0.3, -0.25) is 0 Å². The van der Waals surface area contributed by atoms with Gasteiger partial charge in [0.2, 0.25) is 0 Å². The van der Waals surface area contributed by atoms with Crippen molar-refractivity contribution in [3.05, 3.63) is 0 Å². The summed E-state index contributed by atoms with van der Waals surface area (Å²) < 4.78 is 0. The van der Waals surface area contributed by atoms with Crippen LogP contribution < -0.4 is 18.9 Å². The molecule has 0 nitrogen and oxygen atoms in total. The first kappa shape index (κ1) is 9.16. The molecule has 0 bridgehead atoms. The molecule has 0 heterocycles. The fraction of sp³-hybridized carbons (Fsp3) is 0.